The first kappa shape index (κ1) is 9.64. The number of aromatic amines is 1. The number of non-ortho nitro benzene ring substituents is 1. The van der Waals surface area contributed by atoms with Crippen molar-refractivity contribution in [3.8, 4) is 0 Å². The molecule has 0 aliphatic heterocycles. The lowest BCUT2D eigenvalue weighted by Gasteiger charge is -2.04. The van der Waals surface area contributed by atoms with Crippen LogP contribution >= 0.6 is 0 Å². The number of nitro groups is 1. The fourth-order valence-electron chi connectivity index (χ4n) is 1.53. The van der Waals surface area contributed by atoms with Crippen molar-refractivity contribution in [2.24, 2.45) is 0 Å². The zero-order valence-electron chi connectivity index (χ0n) is 8.52. The summed E-state index contributed by atoms with van der Waals surface area (Å²) in [4.78, 5) is 17.3. The summed E-state index contributed by atoms with van der Waals surface area (Å²) in [7, 11) is 0. The molecule has 1 aromatic carbocycles. The predicted octanol–water partition coefficient (Wildman–Crippen LogP) is 2.59. The quantitative estimate of drug-likeness (QED) is 0.605. The molecule has 0 aliphatic carbocycles. The van der Waals surface area contributed by atoms with Crippen LogP contribution in [0.15, 0.2) is 18.5 Å². The fourth-order valence-corrected chi connectivity index (χ4v) is 1.53. The largest absolute Gasteiger partial charge is 0.344 e. The van der Waals surface area contributed by atoms with Crippen LogP contribution in [0, 0.1) is 10.1 Å². The van der Waals surface area contributed by atoms with Crippen molar-refractivity contribution in [1.29, 1.82) is 0 Å². The third-order valence-electron chi connectivity index (χ3n) is 2.39. The van der Waals surface area contributed by atoms with Crippen LogP contribution in [0.3, 0.4) is 0 Å². The van der Waals surface area contributed by atoms with Gasteiger partial charge in [0.25, 0.3) is 5.69 Å². The first-order valence-corrected chi connectivity index (χ1v) is 4.71. The van der Waals surface area contributed by atoms with Gasteiger partial charge in [-0.25, -0.2) is 4.98 Å². The Morgan fingerprint density at radius 2 is 2.20 bits per heavy atom. The van der Waals surface area contributed by atoms with Gasteiger partial charge in [-0.15, -0.1) is 0 Å². The molecule has 1 heterocycles. The molecule has 0 atom stereocenters. The van der Waals surface area contributed by atoms with Crippen LogP contribution in [0.4, 0.5) is 5.69 Å². The highest BCUT2D eigenvalue weighted by Crippen LogP contribution is 2.28. The van der Waals surface area contributed by atoms with E-state index in [-0.39, 0.29) is 11.6 Å². The molecule has 0 fully saturated rings. The fraction of sp³-hybridized carbons (Fsp3) is 0.300. The summed E-state index contributed by atoms with van der Waals surface area (Å²) in [6.45, 7) is 4.00. The molecule has 0 unspecified atom stereocenters. The van der Waals surface area contributed by atoms with Crippen molar-refractivity contribution >= 4 is 16.7 Å². The van der Waals surface area contributed by atoms with E-state index in [1.807, 2.05) is 19.9 Å². The smallest absolute Gasteiger partial charge is 0.297 e. The van der Waals surface area contributed by atoms with E-state index in [1.165, 1.54) is 6.33 Å². The molecule has 0 saturated heterocycles. The van der Waals surface area contributed by atoms with Crippen LogP contribution in [0.1, 0.15) is 25.3 Å². The number of rotatable bonds is 2. The average Bonchev–Trinajstić information content (AvgIpc) is 2.62. The molecule has 0 aliphatic rings. The lowest BCUT2D eigenvalue weighted by Crippen LogP contribution is -1.94. The maximum atomic E-state index is 10.8. The molecule has 0 spiro atoms. The van der Waals surface area contributed by atoms with Crippen LogP contribution in [-0.4, -0.2) is 14.9 Å². The summed E-state index contributed by atoms with van der Waals surface area (Å²) in [6.07, 6.45) is 1.47. The molecule has 78 valence electrons. The van der Waals surface area contributed by atoms with Crippen LogP contribution in [0.5, 0.6) is 0 Å². The van der Waals surface area contributed by atoms with Crippen LogP contribution in [-0.2, 0) is 0 Å². The minimum Gasteiger partial charge on any atom is -0.344 e. The lowest BCUT2D eigenvalue weighted by atomic mass is 10.0. The summed E-state index contributed by atoms with van der Waals surface area (Å²) in [5.41, 5.74) is 2.15. The summed E-state index contributed by atoms with van der Waals surface area (Å²) in [5.74, 6) is 0.261. The standard InChI is InChI=1S/C10H11N3O2/c1-6(2)7-3-8-10(12-5-11-8)9(4-7)13(14)15/h3-6H,1-2H3,(H,11,12). The molecule has 1 aromatic heterocycles. The lowest BCUT2D eigenvalue weighted by molar-refractivity contribution is -0.383. The van der Waals surface area contributed by atoms with Crippen molar-refractivity contribution in [3.63, 3.8) is 0 Å². The first-order chi connectivity index (χ1) is 7.09. The number of fused-ring (bicyclic) bond motifs is 1. The summed E-state index contributed by atoms with van der Waals surface area (Å²) in [5, 5.41) is 10.8. The van der Waals surface area contributed by atoms with E-state index in [1.54, 1.807) is 6.07 Å². The molecule has 1 N–H and O–H groups in total. The van der Waals surface area contributed by atoms with E-state index in [9.17, 15) is 10.1 Å². The second kappa shape index (κ2) is 3.34. The highest BCUT2D eigenvalue weighted by atomic mass is 16.6. The van der Waals surface area contributed by atoms with Crippen LogP contribution in [0.25, 0.3) is 11.0 Å². The van der Waals surface area contributed by atoms with Gasteiger partial charge in [-0.1, -0.05) is 13.8 Å². The third-order valence-corrected chi connectivity index (χ3v) is 2.39. The molecule has 5 heteroatoms. The molecule has 0 bridgehead atoms. The number of imidazole rings is 1. The Hall–Kier alpha value is -1.91. The number of H-pyrrole nitrogens is 1. The molecular formula is C10H11N3O2. The Kier molecular flexibility index (Phi) is 2.15. The van der Waals surface area contributed by atoms with Gasteiger partial charge in [0, 0.05) is 6.07 Å². The van der Waals surface area contributed by atoms with Gasteiger partial charge in [-0.05, 0) is 17.5 Å². The molecule has 2 rings (SSSR count). The predicted molar refractivity (Wildman–Crippen MR) is 56.8 cm³/mol. The van der Waals surface area contributed by atoms with Gasteiger partial charge >= 0.3 is 0 Å². The number of hydrogen-bond donors (Lipinski definition) is 1. The third kappa shape index (κ3) is 1.56. The van der Waals surface area contributed by atoms with Gasteiger partial charge in [0.15, 0.2) is 5.52 Å². The van der Waals surface area contributed by atoms with E-state index in [2.05, 4.69) is 9.97 Å². The molecular weight excluding hydrogens is 194 g/mol. The van der Waals surface area contributed by atoms with Crippen molar-refractivity contribution in [2.45, 2.75) is 19.8 Å². The second-order valence-corrected chi connectivity index (χ2v) is 3.75. The Bertz CT molecular complexity index is 516. The van der Waals surface area contributed by atoms with E-state index in [0.29, 0.717) is 11.0 Å². The Morgan fingerprint density at radius 3 is 2.80 bits per heavy atom. The highest BCUT2D eigenvalue weighted by molar-refractivity contribution is 5.85. The molecule has 0 amide bonds. The summed E-state index contributed by atoms with van der Waals surface area (Å²) in [6, 6.07) is 3.49. The second-order valence-electron chi connectivity index (χ2n) is 3.75. The van der Waals surface area contributed by atoms with Crippen LogP contribution < -0.4 is 0 Å². The summed E-state index contributed by atoms with van der Waals surface area (Å²) >= 11 is 0. The van der Waals surface area contributed by atoms with Gasteiger partial charge in [-0.2, -0.15) is 0 Å². The Labute approximate surface area is 86.3 Å². The molecule has 0 radical (unpaired) electrons. The monoisotopic (exact) mass is 205 g/mol. The van der Waals surface area contributed by atoms with Gasteiger partial charge in [0.2, 0.25) is 0 Å². The van der Waals surface area contributed by atoms with E-state index >= 15 is 0 Å². The van der Waals surface area contributed by atoms with Crippen molar-refractivity contribution in [2.75, 3.05) is 0 Å². The number of nitrogens with zero attached hydrogens (tertiary/aromatic N) is 2. The SMILES string of the molecule is CC(C)c1cc([N+](=O)[O-])c2nc[nH]c2c1. The Morgan fingerprint density at radius 1 is 1.47 bits per heavy atom. The van der Waals surface area contributed by atoms with Crippen molar-refractivity contribution < 1.29 is 4.92 Å². The zero-order chi connectivity index (χ0) is 11.0. The van der Waals surface area contributed by atoms with E-state index < -0.39 is 4.92 Å². The maximum absolute atomic E-state index is 10.8. The van der Waals surface area contributed by atoms with Gasteiger partial charge in [0.05, 0.1) is 16.8 Å². The highest BCUT2D eigenvalue weighted by Gasteiger charge is 2.16. The van der Waals surface area contributed by atoms with E-state index in [0.717, 1.165) is 5.56 Å². The normalized spacial score (nSPS) is 11.1. The minimum atomic E-state index is -0.394. The Balaban J connectivity index is 2.74. The van der Waals surface area contributed by atoms with Crippen LogP contribution in [0.2, 0.25) is 0 Å². The first-order valence-electron chi connectivity index (χ1n) is 4.71. The number of aromatic nitrogens is 2. The topological polar surface area (TPSA) is 71.8 Å². The number of nitrogens with one attached hydrogen (secondary N) is 1. The molecule has 2 aromatic rings. The van der Waals surface area contributed by atoms with Gasteiger partial charge in [0.1, 0.15) is 0 Å². The number of hydrogen-bond acceptors (Lipinski definition) is 3. The maximum Gasteiger partial charge on any atom is 0.297 e. The molecule has 0 saturated carbocycles. The minimum absolute atomic E-state index is 0.0671. The van der Waals surface area contributed by atoms with Crippen molar-refractivity contribution in [1.82, 2.24) is 9.97 Å². The average molecular weight is 205 g/mol. The van der Waals surface area contributed by atoms with Gasteiger partial charge in [-0.3, -0.25) is 10.1 Å². The van der Waals surface area contributed by atoms with Gasteiger partial charge < -0.3 is 4.98 Å². The number of nitro benzene ring substituents is 1. The molecule has 5 nitrogen and oxygen atoms in total. The summed E-state index contributed by atoms with van der Waals surface area (Å²) < 4.78 is 0. The zero-order valence-corrected chi connectivity index (χ0v) is 8.52. The van der Waals surface area contributed by atoms with E-state index in [4.69, 9.17) is 0 Å². The number of benzene rings is 1. The van der Waals surface area contributed by atoms with Crippen molar-refractivity contribution in [3.05, 3.63) is 34.1 Å². The molecule has 15 heavy (non-hydrogen) atoms.